The van der Waals surface area contributed by atoms with E-state index in [0.29, 0.717) is 33.4 Å². The summed E-state index contributed by atoms with van der Waals surface area (Å²) in [6.45, 7) is 1.59. The Balaban J connectivity index is 1.69. The highest BCUT2D eigenvalue weighted by atomic mass is 35.5. The van der Waals surface area contributed by atoms with E-state index in [9.17, 15) is 4.79 Å². The van der Waals surface area contributed by atoms with Gasteiger partial charge in [0.25, 0.3) is 11.8 Å². The van der Waals surface area contributed by atoms with Crippen molar-refractivity contribution in [3.05, 3.63) is 59.1 Å². The molecule has 1 amide bonds. The standard InChI is InChI=1S/C20H18ClN3O2/c21-17-11-5-4-10-16(17)18-22-19(26-23-18)14-8-2-3-9-15(14)20(25)24-12-6-1-7-13-24/h2-5,8-11H,1,6-7,12-13H2. The van der Waals surface area contributed by atoms with Crippen molar-refractivity contribution in [3.63, 3.8) is 0 Å². The van der Waals surface area contributed by atoms with Crippen LogP contribution in [-0.2, 0) is 0 Å². The van der Waals surface area contributed by atoms with Gasteiger partial charge in [-0.2, -0.15) is 4.98 Å². The van der Waals surface area contributed by atoms with Gasteiger partial charge in [0.2, 0.25) is 5.82 Å². The van der Waals surface area contributed by atoms with E-state index in [1.54, 1.807) is 6.07 Å². The number of carbonyl (C=O) groups is 1. The Bertz CT molecular complexity index is 932. The van der Waals surface area contributed by atoms with Crippen molar-refractivity contribution in [2.75, 3.05) is 13.1 Å². The first kappa shape index (κ1) is 16.8. The summed E-state index contributed by atoms with van der Waals surface area (Å²) in [4.78, 5) is 19.3. The van der Waals surface area contributed by atoms with Crippen LogP contribution >= 0.6 is 11.6 Å². The van der Waals surface area contributed by atoms with Crippen LogP contribution in [0.3, 0.4) is 0 Å². The summed E-state index contributed by atoms with van der Waals surface area (Å²) >= 11 is 6.21. The highest BCUT2D eigenvalue weighted by Crippen LogP contribution is 2.29. The fourth-order valence-corrected chi connectivity index (χ4v) is 3.43. The Labute approximate surface area is 156 Å². The summed E-state index contributed by atoms with van der Waals surface area (Å²) in [5.74, 6) is 0.740. The minimum Gasteiger partial charge on any atom is -0.339 e. The number of halogens is 1. The highest BCUT2D eigenvalue weighted by Gasteiger charge is 2.23. The molecular formula is C20H18ClN3O2. The van der Waals surface area contributed by atoms with E-state index in [2.05, 4.69) is 10.1 Å². The Kier molecular flexibility index (Phi) is 4.71. The van der Waals surface area contributed by atoms with E-state index in [1.807, 2.05) is 47.4 Å². The van der Waals surface area contributed by atoms with Gasteiger partial charge in [-0.05, 0) is 43.5 Å². The van der Waals surface area contributed by atoms with Crippen molar-refractivity contribution >= 4 is 17.5 Å². The fraction of sp³-hybridized carbons (Fsp3) is 0.250. The third-order valence-electron chi connectivity index (χ3n) is 4.57. The number of nitrogens with zero attached hydrogens (tertiary/aromatic N) is 3. The molecule has 26 heavy (non-hydrogen) atoms. The lowest BCUT2D eigenvalue weighted by Gasteiger charge is -2.27. The Morgan fingerprint density at radius 1 is 0.962 bits per heavy atom. The minimum atomic E-state index is 0.0118. The number of likely N-dealkylation sites (tertiary alicyclic amines) is 1. The van der Waals surface area contributed by atoms with Gasteiger partial charge in [0.1, 0.15) is 0 Å². The molecule has 1 aromatic heterocycles. The summed E-state index contributed by atoms with van der Waals surface area (Å²) < 4.78 is 5.45. The second-order valence-electron chi connectivity index (χ2n) is 6.30. The lowest BCUT2D eigenvalue weighted by molar-refractivity contribution is 0.0725. The lowest BCUT2D eigenvalue weighted by atomic mass is 10.0. The molecule has 1 saturated heterocycles. The molecule has 0 unspecified atom stereocenters. The molecule has 0 aliphatic carbocycles. The fourth-order valence-electron chi connectivity index (χ4n) is 3.21. The van der Waals surface area contributed by atoms with E-state index < -0.39 is 0 Å². The Morgan fingerprint density at radius 3 is 2.42 bits per heavy atom. The third kappa shape index (κ3) is 3.22. The minimum absolute atomic E-state index is 0.0118. The molecule has 2 aromatic carbocycles. The Hall–Kier alpha value is -2.66. The molecule has 4 rings (SSSR count). The molecule has 1 aliphatic heterocycles. The van der Waals surface area contributed by atoms with Gasteiger partial charge in [-0.15, -0.1) is 0 Å². The van der Waals surface area contributed by atoms with Crippen LogP contribution < -0.4 is 0 Å². The lowest BCUT2D eigenvalue weighted by Crippen LogP contribution is -2.35. The monoisotopic (exact) mass is 367 g/mol. The van der Waals surface area contributed by atoms with Gasteiger partial charge >= 0.3 is 0 Å². The van der Waals surface area contributed by atoms with Crippen LogP contribution in [0.1, 0.15) is 29.6 Å². The smallest absolute Gasteiger partial charge is 0.259 e. The molecule has 5 nitrogen and oxygen atoms in total. The predicted molar refractivity (Wildman–Crippen MR) is 99.9 cm³/mol. The number of carbonyl (C=O) groups excluding carboxylic acids is 1. The molecule has 132 valence electrons. The molecule has 3 aromatic rings. The summed E-state index contributed by atoms with van der Waals surface area (Å²) in [7, 11) is 0. The second-order valence-corrected chi connectivity index (χ2v) is 6.71. The van der Waals surface area contributed by atoms with E-state index in [-0.39, 0.29) is 5.91 Å². The molecule has 0 saturated carbocycles. The number of hydrogen-bond acceptors (Lipinski definition) is 4. The van der Waals surface area contributed by atoms with Gasteiger partial charge in [-0.1, -0.05) is 41.0 Å². The molecular weight excluding hydrogens is 350 g/mol. The van der Waals surface area contributed by atoms with E-state index in [0.717, 1.165) is 25.9 Å². The average molecular weight is 368 g/mol. The number of hydrogen-bond donors (Lipinski definition) is 0. The predicted octanol–water partition coefficient (Wildman–Crippen LogP) is 4.68. The topological polar surface area (TPSA) is 59.2 Å². The van der Waals surface area contributed by atoms with Gasteiger partial charge in [0.15, 0.2) is 0 Å². The normalized spacial score (nSPS) is 14.4. The number of aromatic nitrogens is 2. The summed E-state index contributed by atoms with van der Waals surface area (Å²) in [6.07, 6.45) is 3.27. The summed E-state index contributed by atoms with van der Waals surface area (Å²) in [5.41, 5.74) is 1.93. The van der Waals surface area contributed by atoms with Crippen molar-refractivity contribution in [1.82, 2.24) is 15.0 Å². The van der Waals surface area contributed by atoms with Crippen LogP contribution in [0.15, 0.2) is 53.1 Å². The first-order valence-corrected chi connectivity index (χ1v) is 9.09. The maximum Gasteiger partial charge on any atom is 0.259 e. The van der Waals surface area contributed by atoms with Crippen LogP contribution in [0, 0.1) is 0 Å². The first-order chi connectivity index (χ1) is 12.7. The molecule has 0 spiro atoms. The van der Waals surface area contributed by atoms with Crippen molar-refractivity contribution in [2.24, 2.45) is 0 Å². The molecule has 0 N–H and O–H groups in total. The van der Waals surface area contributed by atoms with Crippen LogP contribution in [0.2, 0.25) is 5.02 Å². The van der Waals surface area contributed by atoms with Crippen LogP contribution in [0.25, 0.3) is 22.8 Å². The second kappa shape index (κ2) is 7.30. The highest BCUT2D eigenvalue weighted by molar-refractivity contribution is 6.33. The average Bonchev–Trinajstić information content (AvgIpc) is 3.18. The molecule has 1 fully saturated rings. The summed E-state index contributed by atoms with van der Waals surface area (Å²) in [6, 6.07) is 14.7. The van der Waals surface area contributed by atoms with Crippen molar-refractivity contribution in [3.8, 4) is 22.8 Å². The van der Waals surface area contributed by atoms with Crippen LogP contribution in [-0.4, -0.2) is 34.0 Å². The van der Waals surface area contributed by atoms with E-state index >= 15 is 0 Å². The zero-order valence-electron chi connectivity index (χ0n) is 14.2. The number of benzene rings is 2. The molecule has 0 atom stereocenters. The van der Waals surface area contributed by atoms with Gasteiger partial charge in [0, 0.05) is 18.7 Å². The number of rotatable bonds is 3. The SMILES string of the molecule is O=C(c1ccccc1-c1nc(-c2ccccc2Cl)no1)N1CCCCC1. The van der Waals surface area contributed by atoms with Gasteiger partial charge < -0.3 is 9.42 Å². The van der Waals surface area contributed by atoms with Gasteiger partial charge in [0.05, 0.1) is 16.1 Å². The Morgan fingerprint density at radius 2 is 1.65 bits per heavy atom. The number of piperidine rings is 1. The van der Waals surface area contributed by atoms with E-state index in [4.69, 9.17) is 16.1 Å². The van der Waals surface area contributed by atoms with Crippen LogP contribution in [0.4, 0.5) is 0 Å². The quantitative estimate of drug-likeness (QED) is 0.674. The van der Waals surface area contributed by atoms with Gasteiger partial charge in [-0.25, -0.2) is 0 Å². The van der Waals surface area contributed by atoms with Crippen LogP contribution in [0.5, 0.6) is 0 Å². The van der Waals surface area contributed by atoms with Crippen molar-refractivity contribution in [1.29, 1.82) is 0 Å². The largest absolute Gasteiger partial charge is 0.339 e. The molecule has 0 radical (unpaired) electrons. The molecule has 1 aliphatic rings. The third-order valence-corrected chi connectivity index (χ3v) is 4.90. The number of amides is 1. The molecule has 2 heterocycles. The zero-order valence-corrected chi connectivity index (χ0v) is 14.9. The van der Waals surface area contributed by atoms with E-state index in [1.165, 1.54) is 6.42 Å². The van der Waals surface area contributed by atoms with Gasteiger partial charge in [-0.3, -0.25) is 4.79 Å². The first-order valence-electron chi connectivity index (χ1n) is 8.71. The summed E-state index contributed by atoms with van der Waals surface area (Å²) in [5, 5.41) is 4.59. The maximum atomic E-state index is 12.9. The maximum absolute atomic E-state index is 12.9. The van der Waals surface area contributed by atoms with Crippen molar-refractivity contribution < 1.29 is 9.32 Å². The van der Waals surface area contributed by atoms with Crippen molar-refractivity contribution in [2.45, 2.75) is 19.3 Å². The molecule has 6 heteroatoms. The zero-order chi connectivity index (χ0) is 17.9. The molecule has 0 bridgehead atoms.